The van der Waals surface area contributed by atoms with Crippen LogP contribution in [0.15, 0.2) is 36.4 Å². The van der Waals surface area contributed by atoms with E-state index < -0.39 is 0 Å². The molecular formula is C54H68O6. The van der Waals surface area contributed by atoms with Gasteiger partial charge in [0, 0.05) is 11.1 Å². The Balaban J connectivity index is 0.936. The zero-order chi connectivity index (χ0) is 41.0. The Morgan fingerprint density at radius 3 is 1.58 bits per heavy atom. The molecule has 9 aliphatic rings. The van der Waals surface area contributed by atoms with Crippen LogP contribution < -0.4 is 4.74 Å². The third-order valence-corrected chi connectivity index (χ3v) is 20.9. The molecule has 0 heterocycles. The van der Waals surface area contributed by atoms with E-state index in [0.717, 1.165) is 132 Å². The van der Waals surface area contributed by atoms with E-state index in [1.54, 1.807) is 0 Å². The second-order valence-electron chi connectivity index (χ2n) is 22.9. The van der Waals surface area contributed by atoms with Crippen molar-refractivity contribution >= 4 is 0 Å². The van der Waals surface area contributed by atoms with Crippen molar-refractivity contribution in [2.24, 2.45) is 51.8 Å². The highest BCUT2D eigenvalue weighted by Gasteiger charge is 2.57. The maximum atomic E-state index is 12.6. The molecule has 0 amide bonds. The first-order chi connectivity index (χ1) is 28.9. The molecular weight excluding hydrogens is 745 g/mol. The van der Waals surface area contributed by atoms with Crippen molar-refractivity contribution in [1.82, 2.24) is 0 Å². The normalized spacial score (nSPS) is 43.3. The van der Waals surface area contributed by atoms with Crippen molar-refractivity contribution in [3.8, 4) is 34.1 Å². The molecule has 6 heteroatoms. The molecule has 0 aliphatic heterocycles. The van der Waals surface area contributed by atoms with Gasteiger partial charge in [-0.1, -0.05) is 26.8 Å². The van der Waals surface area contributed by atoms with Gasteiger partial charge in [-0.2, -0.15) is 0 Å². The summed E-state index contributed by atoms with van der Waals surface area (Å²) in [4.78, 5) is 0. The molecule has 6 fully saturated rings. The molecule has 6 nitrogen and oxygen atoms in total. The number of hydrogen-bond acceptors (Lipinski definition) is 6. The van der Waals surface area contributed by atoms with Crippen LogP contribution in [-0.4, -0.2) is 43.8 Å². The lowest BCUT2D eigenvalue weighted by molar-refractivity contribution is -0.0227. The van der Waals surface area contributed by atoms with Gasteiger partial charge in [0.25, 0.3) is 0 Å². The third kappa shape index (κ3) is 5.28. The Morgan fingerprint density at radius 1 is 0.517 bits per heavy atom. The van der Waals surface area contributed by atoms with Crippen LogP contribution in [0.3, 0.4) is 0 Å². The third-order valence-electron chi connectivity index (χ3n) is 20.9. The van der Waals surface area contributed by atoms with Gasteiger partial charge in [-0.15, -0.1) is 0 Å². The summed E-state index contributed by atoms with van der Waals surface area (Å²) in [5, 5.41) is 57.9. The van der Waals surface area contributed by atoms with Crippen LogP contribution in [0.5, 0.6) is 23.0 Å². The second-order valence-corrected chi connectivity index (χ2v) is 22.9. The van der Waals surface area contributed by atoms with Crippen LogP contribution in [0.1, 0.15) is 168 Å². The Hall–Kier alpha value is -3.06. The Labute approximate surface area is 357 Å². The number of phenols is 2. The minimum Gasteiger partial charge on any atom is -0.507 e. The van der Waals surface area contributed by atoms with Crippen molar-refractivity contribution in [2.75, 3.05) is 0 Å². The lowest BCUT2D eigenvalue weighted by atomic mass is 9.54. The molecule has 0 bridgehead atoms. The van der Waals surface area contributed by atoms with Crippen LogP contribution in [0.25, 0.3) is 11.1 Å². The molecule has 15 atom stereocenters. The van der Waals surface area contributed by atoms with Crippen molar-refractivity contribution in [3.63, 3.8) is 0 Å². The maximum absolute atomic E-state index is 12.6. The summed E-state index contributed by atoms with van der Waals surface area (Å²) in [7, 11) is 0. The number of hydrogen-bond donors (Lipinski definition) is 5. The number of fused-ring (bicyclic) bond motifs is 15. The van der Waals surface area contributed by atoms with Crippen molar-refractivity contribution in [3.05, 3.63) is 69.8 Å². The number of aliphatic hydroxyl groups excluding tert-OH is 3. The first kappa shape index (κ1) is 38.6. The van der Waals surface area contributed by atoms with Crippen molar-refractivity contribution in [2.45, 2.75) is 172 Å². The molecule has 6 saturated carbocycles. The average Bonchev–Trinajstić information content (AvgIpc) is 3.85. The predicted molar refractivity (Wildman–Crippen MR) is 234 cm³/mol. The van der Waals surface area contributed by atoms with Gasteiger partial charge in [0.05, 0.1) is 18.3 Å². The van der Waals surface area contributed by atoms with Gasteiger partial charge >= 0.3 is 0 Å². The fraction of sp³-hybridized carbons (Fsp3) is 0.667. The average molecular weight is 813 g/mol. The van der Waals surface area contributed by atoms with Crippen LogP contribution in [0, 0.1) is 51.8 Å². The van der Waals surface area contributed by atoms with Crippen molar-refractivity contribution in [1.29, 1.82) is 0 Å². The number of ether oxygens (including phenoxy) is 1. The van der Waals surface area contributed by atoms with E-state index in [0.29, 0.717) is 59.0 Å². The molecule has 0 unspecified atom stereocenters. The van der Waals surface area contributed by atoms with E-state index in [-0.39, 0.29) is 46.1 Å². The minimum absolute atomic E-state index is 0.000859. The van der Waals surface area contributed by atoms with Crippen LogP contribution >= 0.6 is 0 Å². The quantitative estimate of drug-likeness (QED) is 0.180. The molecule has 3 aromatic carbocycles. The minimum atomic E-state index is -0.234. The Bertz CT molecular complexity index is 2250. The highest BCUT2D eigenvalue weighted by atomic mass is 16.5. The molecule has 5 N–H and O–H groups in total. The summed E-state index contributed by atoms with van der Waals surface area (Å²) in [6.07, 6.45) is 17.8. The lowest BCUT2D eigenvalue weighted by Gasteiger charge is -2.50. The van der Waals surface area contributed by atoms with Crippen LogP contribution in [-0.2, 0) is 19.3 Å². The molecule has 12 rings (SSSR count). The largest absolute Gasteiger partial charge is 0.507 e. The summed E-state index contributed by atoms with van der Waals surface area (Å²) >= 11 is 0. The molecule has 0 saturated heterocycles. The molecule has 0 radical (unpaired) electrons. The van der Waals surface area contributed by atoms with Crippen molar-refractivity contribution < 1.29 is 30.3 Å². The molecule has 0 aromatic heterocycles. The van der Waals surface area contributed by atoms with E-state index in [2.05, 4.69) is 51.1 Å². The Morgan fingerprint density at radius 2 is 1.02 bits per heavy atom. The number of rotatable bonds is 3. The summed E-state index contributed by atoms with van der Waals surface area (Å²) < 4.78 is 6.92. The highest BCUT2D eigenvalue weighted by molar-refractivity contribution is 5.83. The number of aliphatic hydroxyl groups is 3. The van der Waals surface area contributed by atoms with E-state index in [9.17, 15) is 25.5 Å². The van der Waals surface area contributed by atoms with Gasteiger partial charge in [0.2, 0.25) is 0 Å². The number of phenolic OH excluding ortho intramolecular Hbond substituents is 2. The molecule has 3 aromatic rings. The van der Waals surface area contributed by atoms with E-state index in [4.69, 9.17) is 4.74 Å². The number of aromatic hydroxyl groups is 2. The fourth-order valence-corrected chi connectivity index (χ4v) is 17.5. The molecule has 0 spiro atoms. The maximum Gasteiger partial charge on any atom is 0.169 e. The summed E-state index contributed by atoms with van der Waals surface area (Å²) in [6.45, 7) is 7.01. The zero-order valence-electron chi connectivity index (χ0n) is 36.3. The fourth-order valence-electron chi connectivity index (χ4n) is 17.5. The van der Waals surface area contributed by atoms with Gasteiger partial charge in [-0.3, -0.25) is 0 Å². The van der Waals surface area contributed by atoms with E-state index in [1.165, 1.54) is 33.4 Å². The van der Waals surface area contributed by atoms with Gasteiger partial charge in [0.1, 0.15) is 11.5 Å². The SMILES string of the molecule is C[C@]12CC[C@@H]3c4ccc(Oc5cc6c(c(-c7cc8c(cc7O)CC[C@@H]7[C@@H]8CC[C@]8(C)[C@@H](O)CC[C@@H]78)c5O)CC[C@@H]5[C@@H]6CC[C@]6(C)[C@@H](O)CC[C@@H]56)cc4CC[C@H]3[C@@H]1CC[C@@H]2O. The Kier molecular flexibility index (Phi) is 8.67. The first-order valence-electron chi connectivity index (χ1n) is 24.5. The summed E-state index contributed by atoms with van der Waals surface area (Å²) in [6, 6.07) is 13.1. The number of aryl methyl sites for hydroxylation is 2. The van der Waals surface area contributed by atoms with Gasteiger partial charge < -0.3 is 30.3 Å². The van der Waals surface area contributed by atoms with Gasteiger partial charge in [0.15, 0.2) is 11.5 Å². The summed E-state index contributed by atoms with van der Waals surface area (Å²) in [5.41, 5.74) is 9.35. The van der Waals surface area contributed by atoms with Gasteiger partial charge in [-0.25, -0.2) is 0 Å². The first-order valence-corrected chi connectivity index (χ1v) is 24.5. The van der Waals surface area contributed by atoms with Gasteiger partial charge in [-0.05, 0) is 249 Å². The highest BCUT2D eigenvalue weighted by Crippen LogP contribution is 2.65. The second kappa shape index (κ2) is 13.5. The molecule has 60 heavy (non-hydrogen) atoms. The van der Waals surface area contributed by atoms with E-state index >= 15 is 0 Å². The standard InChI is InChI=1S/C54H68O6/c1-52-21-18-32-31-9-6-30(24-28(31)4-7-35(32)42(52)12-15-47(52)56)60-46-27-40-34-20-23-54(3)44(14-17-49(54)58)37(34)10-11-38(40)50(51(46)59)41-26-39-29(25-45(41)55)5-8-36-33(39)19-22-53(2)43(36)13-16-48(53)57/h6,9,24-27,32-37,42-44,47-49,55-59H,4-5,7-8,10-23H2,1-3H3/t32-,33+,34+,35-,36-,37-,42+,43+,44+,47+,48+,49+,52+,53+,54+/m1/s1. The van der Waals surface area contributed by atoms with Crippen LogP contribution in [0.4, 0.5) is 0 Å². The van der Waals surface area contributed by atoms with Crippen LogP contribution in [0.2, 0.25) is 0 Å². The van der Waals surface area contributed by atoms with E-state index in [1.807, 2.05) is 6.07 Å². The summed E-state index contributed by atoms with van der Waals surface area (Å²) in [5.74, 6) is 6.10. The zero-order valence-corrected chi connectivity index (χ0v) is 36.3. The molecule has 9 aliphatic carbocycles. The predicted octanol–water partition coefficient (Wildman–Crippen LogP) is 11.2. The topological polar surface area (TPSA) is 110 Å². The molecule has 320 valence electrons. The monoisotopic (exact) mass is 813 g/mol. The lowest BCUT2D eigenvalue weighted by Crippen LogP contribution is -2.44. The smallest absolute Gasteiger partial charge is 0.169 e. The number of benzene rings is 3.